The summed E-state index contributed by atoms with van der Waals surface area (Å²) in [5.41, 5.74) is 3.60. The van der Waals surface area contributed by atoms with Gasteiger partial charge in [0.15, 0.2) is 11.5 Å². The Kier molecular flexibility index (Phi) is 5.13. The van der Waals surface area contributed by atoms with E-state index in [-0.39, 0.29) is 18.2 Å². The molecule has 6 nitrogen and oxygen atoms in total. The van der Waals surface area contributed by atoms with Crippen LogP contribution in [-0.4, -0.2) is 55.3 Å². The molecule has 2 aliphatic rings. The summed E-state index contributed by atoms with van der Waals surface area (Å²) in [6.45, 7) is 5.10. The monoisotopic (exact) mass is 382 g/mol. The molecule has 2 heterocycles. The molecular formula is C22H26N2O4. The predicted octanol–water partition coefficient (Wildman–Crippen LogP) is 3.22. The third-order valence-corrected chi connectivity index (χ3v) is 5.66. The van der Waals surface area contributed by atoms with Crippen LogP contribution in [0.15, 0.2) is 42.5 Å². The van der Waals surface area contributed by atoms with Crippen molar-refractivity contribution < 1.29 is 19.0 Å². The quantitative estimate of drug-likeness (QED) is 0.768. The molecule has 0 aromatic heterocycles. The number of benzene rings is 2. The van der Waals surface area contributed by atoms with Crippen LogP contribution in [0.3, 0.4) is 0 Å². The third-order valence-electron chi connectivity index (χ3n) is 5.66. The first-order chi connectivity index (χ1) is 13.6. The average Bonchev–Trinajstić information content (AvgIpc) is 3.21. The second-order valence-corrected chi connectivity index (χ2v) is 7.43. The maximum absolute atomic E-state index is 12.4. The molecule has 0 bridgehead atoms. The molecular weight excluding hydrogens is 356 g/mol. The Hall–Kier alpha value is -2.73. The van der Waals surface area contributed by atoms with Gasteiger partial charge in [-0.3, -0.25) is 9.80 Å². The van der Waals surface area contributed by atoms with E-state index in [9.17, 15) is 4.79 Å². The summed E-state index contributed by atoms with van der Waals surface area (Å²) in [6.07, 6.45) is -0.308. The van der Waals surface area contributed by atoms with Crippen LogP contribution >= 0.6 is 0 Å². The summed E-state index contributed by atoms with van der Waals surface area (Å²) in [7, 11) is 3.23. The van der Waals surface area contributed by atoms with E-state index in [0.717, 1.165) is 25.2 Å². The Morgan fingerprint density at radius 2 is 1.82 bits per heavy atom. The van der Waals surface area contributed by atoms with Crippen molar-refractivity contribution >= 4 is 6.09 Å². The highest BCUT2D eigenvalue weighted by Crippen LogP contribution is 2.32. The number of likely N-dealkylation sites (tertiary alicyclic amines) is 1. The lowest BCUT2D eigenvalue weighted by atomic mass is 10.1. The van der Waals surface area contributed by atoms with E-state index < -0.39 is 0 Å². The van der Waals surface area contributed by atoms with E-state index in [0.29, 0.717) is 18.0 Å². The van der Waals surface area contributed by atoms with Gasteiger partial charge in [-0.1, -0.05) is 30.3 Å². The van der Waals surface area contributed by atoms with Crippen LogP contribution in [0.2, 0.25) is 0 Å². The number of hydrogen-bond donors (Lipinski definition) is 0. The molecule has 0 N–H and O–H groups in total. The van der Waals surface area contributed by atoms with Crippen LogP contribution in [0.5, 0.6) is 11.5 Å². The van der Waals surface area contributed by atoms with E-state index in [1.54, 1.807) is 14.2 Å². The molecule has 2 aromatic rings. The number of fused-ring (bicyclic) bond motifs is 1. The molecule has 0 unspecified atom stereocenters. The fraction of sp³-hybridized carbons (Fsp3) is 0.409. The van der Waals surface area contributed by atoms with E-state index in [1.165, 1.54) is 11.1 Å². The summed E-state index contributed by atoms with van der Waals surface area (Å²) < 4.78 is 16.3. The highest BCUT2D eigenvalue weighted by atomic mass is 16.6. The fourth-order valence-electron chi connectivity index (χ4n) is 4.10. The standard InChI is InChI=1S/C22H26N2O4/c1-15-6-4-5-7-17(15)12-23-13-18-21(14-23)28-22(25)24(18)11-16-8-9-19(26-2)20(10-16)27-3/h4-10,18,21H,11-14H2,1-3H3/t18-,21+/m1/s1. The van der Waals surface area contributed by atoms with Crippen molar-refractivity contribution in [2.75, 3.05) is 27.3 Å². The molecule has 2 aromatic carbocycles. The lowest BCUT2D eigenvalue weighted by Crippen LogP contribution is -2.37. The molecule has 0 spiro atoms. The number of amides is 1. The average molecular weight is 382 g/mol. The number of methoxy groups -OCH3 is 2. The van der Waals surface area contributed by atoms with Crippen molar-refractivity contribution in [2.24, 2.45) is 0 Å². The minimum Gasteiger partial charge on any atom is -0.493 e. The van der Waals surface area contributed by atoms with Gasteiger partial charge in [-0.05, 0) is 35.7 Å². The van der Waals surface area contributed by atoms with E-state index in [1.807, 2.05) is 23.1 Å². The molecule has 148 valence electrons. The topological polar surface area (TPSA) is 51.2 Å². The van der Waals surface area contributed by atoms with Crippen molar-refractivity contribution in [1.82, 2.24) is 9.80 Å². The van der Waals surface area contributed by atoms with Crippen LogP contribution in [0.4, 0.5) is 4.79 Å². The first kappa shape index (κ1) is 18.6. The maximum Gasteiger partial charge on any atom is 0.410 e. The summed E-state index contributed by atoms with van der Waals surface area (Å²) in [5.74, 6) is 1.34. The Bertz CT molecular complexity index is 869. The van der Waals surface area contributed by atoms with Gasteiger partial charge in [0.25, 0.3) is 0 Å². The molecule has 2 fully saturated rings. The number of ether oxygens (including phenoxy) is 3. The van der Waals surface area contributed by atoms with Gasteiger partial charge in [-0.25, -0.2) is 4.79 Å². The Labute approximate surface area is 165 Å². The number of nitrogens with zero attached hydrogens (tertiary/aromatic N) is 2. The molecule has 0 aliphatic carbocycles. The van der Waals surface area contributed by atoms with Gasteiger partial charge < -0.3 is 14.2 Å². The zero-order valence-electron chi connectivity index (χ0n) is 16.6. The zero-order chi connectivity index (χ0) is 19.7. The van der Waals surface area contributed by atoms with Crippen molar-refractivity contribution in [3.05, 3.63) is 59.2 Å². The first-order valence-electron chi connectivity index (χ1n) is 9.54. The fourth-order valence-corrected chi connectivity index (χ4v) is 4.10. The number of hydrogen-bond acceptors (Lipinski definition) is 5. The molecule has 0 radical (unpaired) electrons. The smallest absolute Gasteiger partial charge is 0.410 e. The van der Waals surface area contributed by atoms with E-state index in [2.05, 4.69) is 36.1 Å². The molecule has 2 saturated heterocycles. The van der Waals surface area contributed by atoms with E-state index in [4.69, 9.17) is 14.2 Å². The minimum absolute atomic E-state index is 0.0725. The maximum atomic E-state index is 12.4. The SMILES string of the molecule is COc1ccc(CN2C(=O)O[C@H]3CN(Cc4ccccc4C)C[C@H]32)cc1OC. The van der Waals surface area contributed by atoms with Gasteiger partial charge in [0.05, 0.1) is 20.3 Å². The molecule has 4 rings (SSSR count). The summed E-state index contributed by atoms with van der Waals surface area (Å²) in [4.78, 5) is 16.6. The number of carbonyl (C=O) groups excluding carboxylic acids is 1. The molecule has 2 atom stereocenters. The Balaban J connectivity index is 1.46. The third kappa shape index (κ3) is 3.52. The van der Waals surface area contributed by atoms with Crippen LogP contribution < -0.4 is 9.47 Å². The lowest BCUT2D eigenvalue weighted by molar-refractivity contribution is 0.119. The van der Waals surface area contributed by atoms with Gasteiger partial charge in [-0.2, -0.15) is 0 Å². The molecule has 6 heteroatoms. The van der Waals surface area contributed by atoms with Gasteiger partial charge in [0, 0.05) is 26.2 Å². The normalized spacial score (nSPS) is 21.5. The van der Waals surface area contributed by atoms with Crippen molar-refractivity contribution in [3.63, 3.8) is 0 Å². The lowest BCUT2D eigenvalue weighted by Gasteiger charge is -2.23. The zero-order valence-corrected chi connectivity index (χ0v) is 16.6. The van der Waals surface area contributed by atoms with Crippen molar-refractivity contribution in [2.45, 2.75) is 32.2 Å². The molecule has 1 amide bonds. The summed E-state index contributed by atoms with van der Waals surface area (Å²) in [6, 6.07) is 14.2. The molecule has 2 aliphatic heterocycles. The predicted molar refractivity (Wildman–Crippen MR) is 106 cm³/mol. The Morgan fingerprint density at radius 1 is 1.04 bits per heavy atom. The molecule has 28 heavy (non-hydrogen) atoms. The second-order valence-electron chi connectivity index (χ2n) is 7.43. The van der Waals surface area contributed by atoms with Crippen molar-refractivity contribution in [1.29, 1.82) is 0 Å². The van der Waals surface area contributed by atoms with Crippen LogP contribution in [0, 0.1) is 6.92 Å². The largest absolute Gasteiger partial charge is 0.493 e. The summed E-state index contributed by atoms with van der Waals surface area (Å²) >= 11 is 0. The summed E-state index contributed by atoms with van der Waals surface area (Å²) in [5, 5.41) is 0. The first-order valence-corrected chi connectivity index (χ1v) is 9.54. The van der Waals surface area contributed by atoms with E-state index >= 15 is 0 Å². The highest BCUT2D eigenvalue weighted by molar-refractivity contribution is 5.71. The molecule has 0 saturated carbocycles. The van der Waals surface area contributed by atoms with Gasteiger partial charge >= 0.3 is 6.09 Å². The van der Waals surface area contributed by atoms with Gasteiger partial charge in [0.2, 0.25) is 0 Å². The van der Waals surface area contributed by atoms with Crippen molar-refractivity contribution in [3.8, 4) is 11.5 Å². The number of carbonyl (C=O) groups is 1. The van der Waals surface area contributed by atoms with Gasteiger partial charge in [0.1, 0.15) is 6.10 Å². The number of rotatable bonds is 6. The van der Waals surface area contributed by atoms with Crippen LogP contribution in [-0.2, 0) is 17.8 Å². The minimum atomic E-state index is -0.236. The highest BCUT2D eigenvalue weighted by Gasteiger charge is 2.47. The second kappa shape index (κ2) is 7.72. The van der Waals surface area contributed by atoms with Crippen LogP contribution in [0.1, 0.15) is 16.7 Å². The number of aryl methyl sites for hydroxylation is 1. The van der Waals surface area contributed by atoms with Crippen LogP contribution in [0.25, 0.3) is 0 Å². The van der Waals surface area contributed by atoms with Gasteiger partial charge in [-0.15, -0.1) is 0 Å². The Morgan fingerprint density at radius 3 is 2.57 bits per heavy atom.